The number of rotatable bonds is 6. The number of aryl methyl sites for hydroxylation is 1. The molecule has 1 fully saturated rings. The maximum absolute atomic E-state index is 13.6. The van der Waals surface area contributed by atoms with Gasteiger partial charge in [-0.1, -0.05) is 36.4 Å². The normalized spacial score (nSPS) is 14.4. The summed E-state index contributed by atoms with van der Waals surface area (Å²) in [6.07, 6.45) is 1.43. The summed E-state index contributed by atoms with van der Waals surface area (Å²) in [5, 5.41) is 7.55. The maximum Gasteiger partial charge on any atom is 0.523 e. The quantitative estimate of drug-likeness (QED) is 0.315. The Morgan fingerprint density at radius 3 is 2.38 bits per heavy atom. The Morgan fingerprint density at radius 2 is 1.82 bits per heavy atom. The molecule has 34 heavy (non-hydrogen) atoms. The predicted molar refractivity (Wildman–Crippen MR) is 133 cm³/mol. The van der Waals surface area contributed by atoms with Crippen LogP contribution in [0.5, 0.6) is 0 Å². The van der Waals surface area contributed by atoms with Gasteiger partial charge >= 0.3 is 12.0 Å². The lowest BCUT2D eigenvalue weighted by Gasteiger charge is -2.27. The number of imide groups is 1. The van der Waals surface area contributed by atoms with E-state index in [1.807, 2.05) is 54.1 Å². The molecule has 9 heteroatoms. The minimum Gasteiger partial charge on any atom is -0.420 e. The van der Waals surface area contributed by atoms with Gasteiger partial charge in [0.1, 0.15) is 17.1 Å². The van der Waals surface area contributed by atoms with Crippen LogP contribution in [0.25, 0.3) is 11.0 Å². The molecule has 1 saturated carbocycles. The summed E-state index contributed by atoms with van der Waals surface area (Å²) in [7, 11) is 5.16. The van der Waals surface area contributed by atoms with Gasteiger partial charge in [-0.25, -0.2) is 9.78 Å². The topological polar surface area (TPSA) is 111 Å². The minimum atomic E-state index is -0.732. The van der Waals surface area contributed by atoms with Crippen LogP contribution in [0.15, 0.2) is 42.5 Å². The van der Waals surface area contributed by atoms with E-state index in [9.17, 15) is 9.59 Å². The lowest BCUT2D eigenvalue weighted by Crippen LogP contribution is -2.55. The third kappa shape index (κ3) is 4.19. The Kier molecular flexibility index (Phi) is 6.87. The average Bonchev–Trinajstić information content (AvgIpc) is 3.53. The molecule has 0 saturated heterocycles. The molecule has 1 aliphatic rings. The summed E-state index contributed by atoms with van der Waals surface area (Å²) in [5.74, 6) is 0.744. The molecule has 0 spiro atoms. The van der Waals surface area contributed by atoms with Crippen LogP contribution in [0.4, 0.5) is 4.79 Å². The average molecular weight is 485 g/mol. The number of nitrogens with two attached hydrogens (primary N) is 1. The molecule has 3 aromatic rings. The highest BCUT2D eigenvalue weighted by Gasteiger charge is 2.61. The van der Waals surface area contributed by atoms with Crippen molar-refractivity contribution in [1.82, 2.24) is 9.55 Å². The number of halogens is 1. The molecule has 8 nitrogen and oxygen atoms in total. The van der Waals surface area contributed by atoms with E-state index in [1.54, 1.807) is 21.0 Å². The second-order valence-corrected chi connectivity index (χ2v) is 9.09. The van der Waals surface area contributed by atoms with Crippen LogP contribution in [0.1, 0.15) is 42.3 Å². The van der Waals surface area contributed by atoms with E-state index in [0.29, 0.717) is 24.8 Å². The first-order valence-corrected chi connectivity index (χ1v) is 11.1. The van der Waals surface area contributed by atoms with Crippen molar-refractivity contribution in [2.45, 2.75) is 31.6 Å². The fourth-order valence-corrected chi connectivity index (χ4v) is 4.42. The van der Waals surface area contributed by atoms with Crippen LogP contribution >= 0.6 is 12.4 Å². The Bertz CT molecular complexity index is 1260. The van der Waals surface area contributed by atoms with E-state index in [2.05, 4.69) is 0 Å². The van der Waals surface area contributed by atoms with Crippen LogP contribution in [-0.2, 0) is 28.4 Å². The summed E-state index contributed by atoms with van der Waals surface area (Å²) in [6, 6.07) is 13.5. The number of hydrogen-bond donors (Lipinski definition) is 2. The van der Waals surface area contributed by atoms with Gasteiger partial charge in [0.2, 0.25) is 0 Å². The first-order valence-electron chi connectivity index (χ1n) is 11.1. The fourth-order valence-electron chi connectivity index (χ4n) is 4.42. The highest BCUT2D eigenvalue weighted by molar-refractivity contribution is 5.96. The number of nitrogens with one attached hydrogen (secondary N) is 1. The number of aromatic nitrogens is 2. The monoisotopic (exact) mass is 484 g/mol. The number of amidine groups is 1. The van der Waals surface area contributed by atoms with E-state index < -0.39 is 16.0 Å². The number of carbonyl (C=O) groups excluding carboxylic acids is 2. The molecule has 2 amide bonds. The van der Waals surface area contributed by atoms with Crippen LogP contribution in [0.3, 0.4) is 0 Å². The van der Waals surface area contributed by atoms with Crippen molar-refractivity contribution < 1.29 is 18.8 Å². The van der Waals surface area contributed by atoms with Gasteiger partial charge in [0, 0.05) is 19.0 Å². The molecule has 1 aromatic heterocycles. The molecule has 1 aliphatic carbocycles. The Morgan fingerprint density at radius 1 is 1.18 bits per heavy atom. The number of likely N-dealkylation sites (N-methyl/N-ethyl adjacent to an activating group) is 1. The highest BCUT2D eigenvalue weighted by Crippen LogP contribution is 2.52. The molecule has 3 N–H and O–H groups in total. The molecule has 0 aliphatic heterocycles. The minimum absolute atomic E-state index is 0. The Balaban J connectivity index is 0.00000324. The number of amides is 2. The Labute approximate surface area is 205 Å². The third-order valence-electron chi connectivity index (χ3n) is 6.54. The van der Waals surface area contributed by atoms with Gasteiger partial charge in [-0.15, -0.1) is 12.4 Å². The SMILES string of the molecule is CCOC(=O)[N+](C)(C)C(=O)C1(c2cccc3c2nc(Cc2ccc(C(=N)N)cc2)n3C)CC1.Cl. The lowest BCUT2D eigenvalue weighted by atomic mass is 9.92. The number of quaternary nitrogens is 1. The number of nitrogens with zero attached hydrogens (tertiary/aromatic N) is 3. The van der Waals surface area contributed by atoms with E-state index in [0.717, 1.165) is 28.0 Å². The smallest absolute Gasteiger partial charge is 0.420 e. The number of ether oxygens (including phenoxy) is 1. The molecular weight excluding hydrogens is 454 g/mol. The largest absolute Gasteiger partial charge is 0.523 e. The van der Waals surface area contributed by atoms with Crippen molar-refractivity contribution in [2.24, 2.45) is 12.8 Å². The first kappa shape index (κ1) is 25.4. The standard InChI is InChI=1S/C25H30N5O3.ClH/c1-5-33-24(32)30(3,4)23(31)25(13-14-25)18-7-6-8-19-21(18)28-20(29(19)2)15-16-9-11-17(12-10-16)22(26)27;/h6-12H,5,13-15H2,1-4H3,(H3,26,27);1H/q+1;. The zero-order valence-electron chi connectivity index (χ0n) is 19.9. The maximum atomic E-state index is 13.6. The zero-order valence-corrected chi connectivity index (χ0v) is 20.7. The summed E-state index contributed by atoms with van der Waals surface area (Å²) in [6.45, 7) is 1.96. The van der Waals surface area contributed by atoms with Crippen molar-refractivity contribution in [1.29, 1.82) is 5.41 Å². The fraction of sp³-hybridized carbons (Fsp3) is 0.360. The number of imidazole rings is 1. The Hall–Kier alpha value is -3.23. The molecule has 2 aromatic carbocycles. The zero-order chi connectivity index (χ0) is 24.0. The molecule has 1 heterocycles. The van der Waals surface area contributed by atoms with Gasteiger partial charge in [-0.05, 0) is 37.0 Å². The van der Waals surface area contributed by atoms with Crippen LogP contribution in [-0.4, -0.2) is 52.6 Å². The van der Waals surface area contributed by atoms with Gasteiger partial charge < -0.3 is 15.0 Å². The van der Waals surface area contributed by atoms with Crippen molar-refractivity contribution in [3.8, 4) is 0 Å². The molecule has 0 bridgehead atoms. The van der Waals surface area contributed by atoms with Gasteiger partial charge in [0.15, 0.2) is 0 Å². The molecular formula is C25H31ClN5O3+. The lowest BCUT2D eigenvalue weighted by molar-refractivity contribution is -0.740. The van der Waals surface area contributed by atoms with Gasteiger partial charge in [-0.3, -0.25) is 5.41 Å². The third-order valence-corrected chi connectivity index (χ3v) is 6.54. The van der Waals surface area contributed by atoms with E-state index in [1.165, 1.54) is 0 Å². The first-order chi connectivity index (χ1) is 15.6. The van der Waals surface area contributed by atoms with Crippen molar-refractivity contribution in [2.75, 3.05) is 20.7 Å². The summed E-state index contributed by atoms with van der Waals surface area (Å²) in [5.41, 5.74) is 9.17. The van der Waals surface area contributed by atoms with E-state index in [4.69, 9.17) is 20.9 Å². The van der Waals surface area contributed by atoms with Crippen molar-refractivity contribution in [3.63, 3.8) is 0 Å². The number of benzene rings is 2. The summed E-state index contributed by atoms with van der Waals surface area (Å²) < 4.78 is 6.75. The molecule has 180 valence electrons. The van der Waals surface area contributed by atoms with Gasteiger partial charge in [-0.2, -0.15) is 9.28 Å². The van der Waals surface area contributed by atoms with Crippen LogP contribution < -0.4 is 5.73 Å². The molecule has 0 radical (unpaired) electrons. The number of carbonyl (C=O) groups is 2. The van der Waals surface area contributed by atoms with Crippen LogP contribution in [0.2, 0.25) is 0 Å². The summed E-state index contributed by atoms with van der Waals surface area (Å²) >= 11 is 0. The van der Waals surface area contributed by atoms with E-state index in [-0.39, 0.29) is 30.8 Å². The number of fused-ring (bicyclic) bond motifs is 1. The van der Waals surface area contributed by atoms with E-state index >= 15 is 0 Å². The number of hydrogen-bond acceptors (Lipinski definition) is 5. The van der Waals surface area contributed by atoms with Crippen molar-refractivity contribution in [3.05, 3.63) is 65.0 Å². The second-order valence-electron chi connectivity index (χ2n) is 9.09. The predicted octanol–water partition coefficient (Wildman–Crippen LogP) is 3.66. The van der Waals surface area contributed by atoms with Crippen LogP contribution in [0, 0.1) is 5.41 Å². The second kappa shape index (κ2) is 9.19. The molecule has 0 atom stereocenters. The van der Waals surface area contributed by atoms with Gasteiger partial charge in [0.25, 0.3) is 0 Å². The highest BCUT2D eigenvalue weighted by atomic mass is 35.5. The van der Waals surface area contributed by atoms with Gasteiger partial charge in [0.05, 0.1) is 31.7 Å². The number of nitrogen functional groups attached to an aromatic ring is 1. The van der Waals surface area contributed by atoms with Crippen molar-refractivity contribution >= 4 is 41.3 Å². The number of para-hydroxylation sites is 1. The molecule has 4 rings (SSSR count). The molecule has 0 unspecified atom stereocenters. The summed E-state index contributed by atoms with van der Waals surface area (Å²) in [4.78, 5) is 31.0.